The second-order valence-electron chi connectivity index (χ2n) is 9.47. The SMILES string of the molecule is O=C(O)CC(O)C(=O)O.O=C(O[C@H]1CN2CCC1CC2)N1CCc2ccccc2[C@@H]1c1ccccc1. The van der Waals surface area contributed by atoms with Gasteiger partial charge in [-0.1, -0.05) is 54.6 Å². The fourth-order valence-electron chi connectivity index (χ4n) is 5.25. The molecule has 1 amide bonds. The molecule has 9 heteroatoms. The van der Waals surface area contributed by atoms with Crippen LogP contribution in [0.25, 0.3) is 0 Å². The minimum absolute atomic E-state index is 0.0496. The van der Waals surface area contributed by atoms with Crippen LogP contribution in [0, 0.1) is 5.92 Å². The fourth-order valence-corrected chi connectivity index (χ4v) is 5.25. The van der Waals surface area contributed by atoms with Gasteiger partial charge in [0, 0.05) is 13.1 Å². The van der Waals surface area contributed by atoms with Gasteiger partial charge < -0.3 is 20.1 Å². The third-order valence-corrected chi connectivity index (χ3v) is 7.13. The molecule has 3 fully saturated rings. The number of carbonyl (C=O) groups is 3. The highest BCUT2D eigenvalue weighted by molar-refractivity contribution is 5.79. The zero-order valence-electron chi connectivity index (χ0n) is 20.0. The summed E-state index contributed by atoms with van der Waals surface area (Å²) in [5.74, 6) is -2.31. The van der Waals surface area contributed by atoms with Gasteiger partial charge in [0.25, 0.3) is 0 Å². The van der Waals surface area contributed by atoms with Crippen molar-refractivity contribution in [2.24, 2.45) is 5.92 Å². The number of aliphatic hydroxyl groups excluding tert-OH is 1. The molecule has 1 unspecified atom stereocenters. The van der Waals surface area contributed by atoms with Crippen molar-refractivity contribution in [3.05, 3.63) is 71.3 Å². The quantitative estimate of drug-likeness (QED) is 0.577. The van der Waals surface area contributed by atoms with Crippen molar-refractivity contribution < 1.29 is 34.4 Å². The largest absolute Gasteiger partial charge is 0.481 e. The number of hydrogen-bond acceptors (Lipinski definition) is 6. The number of aliphatic hydroxyl groups is 1. The van der Waals surface area contributed by atoms with Gasteiger partial charge in [-0.3, -0.25) is 14.6 Å². The minimum atomic E-state index is -1.79. The van der Waals surface area contributed by atoms with E-state index in [9.17, 15) is 14.4 Å². The average molecular weight is 497 g/mol. The van der Waals surface area contributed by atoms with Crippen molar-refractivity contribution >= 4 is 18.0 Å². The lowest BCUT2D eigenvalue weighted by atomic mass is 9.86. The molecule has 36 heavy (non-hydrogen) atoms. The van der Waals surface area contributed by atoms with Gasteiger partial charge in [-0.25, -0.2) is 9.59 Å². The Morgan fingerprint density at radius 2 is 1.61 bits per heavy atom. The molecule has 0 saturated carbocycles. The molecule has 2 aromatic carbocycles. The van der Waals surface area contributed by atoms with Gasteiger partial charge in [0.05, 0.1) is 12.5 Å². The van der Waals surface area contributed by atoms with Crippen LogP contribution in [0.1, 0.15) is 42.0 Å². The highest BCUT2D eigenvalue weighted by Gasteiger charge is 2.39. The lowest BCUT2D eigenvalue weighted by Gasteiger charge is -2.45. The summed E-state index contributed by atoms with van der Waals surface area (Å²) >= 11 is 0. The van der Waals surface area contributed by atoms with Gasteiger partial charge in [0.15, 0.2) is 6.10 Å². The van der Waals surface area contributed by atoms with E-state index < -0.39 is 24.5 Å². The summed E-state index contributed by atoms with van der Waals surface area (Å²) in [5, 5.41) is 24.1. The maximum atomic E-state index is 13.2. The molecule has 0 aromatic heterocycles. The monoisotopic (exact) mass is 496 g/mol. The maximum absolute atomic E-state index is 13.2. The number of carboxylic acid groups (broad SMARTS) is 2. The first-order chi connectivity index (χ1) is 17.3. The second-order valence-corrected chi connectivity index (χ2v) is 9.47. The predicted molar refractivity (Wildman–Crippen MR) is 130 cm³/mol. The number of aliphatic carboxylic acids is 2. The molecule has 3 atom stereocenters. The van der Waals surface area contributed by atoms with Gasteiger partial charge in [0.1, 0.15) is 6.10 Å². The van der Waals surface area contributed by atoms with E-state index in [1.165, 1.54) is 11.1 Å². The molecule has 4 heterocycles. The number of benzene rings is 2. The van der Waals surface area contributed by atoms with Crippen molar-refractivity contribution in [1.82, 2.24) is 9.80 Å². The Morgan fingerprint density at radius 3 is 2.19 bits per heavy atom. The molecule has 3 N–H and O–H groups in total. The Labute approximate surface area is 209 Å². The van der Waals surface area contributed by atoms with E-state index in [4.69, 9.17) is 20.1 Å². The summed E-state index contributed by atoms with van der Waals surface area (Å²) in [6, 6.07) is 18.8. The Kier molecular flexibility index (Phi) is 8.22. The average Bonchev–Trinajstić information content (AvgIpc) is 2.89. The van der Waals surface area contributed by atoms with Gasteiger partial charge in [-0.05, 0) is 55.0 Å². The zero-order valence-corrected chi connectivity index (χ0v) is 20.0. The summed E-state index contributed by atoms with van der Waals surface area (Å²) in [6.45, 7) is 3.91. The highest BCUT2D eigenvalue weighted by Crippen LogP contribution is 2.36. The first kappa shape index (κ1) is 25.7. The first-order valence-electron chi connectivity index (χ1n) is 12.3. The Balaban J connectivity index is 0.000000292. The Morgan fingerprint density at radius 1 is 0.944 bits per heavy atom. The molecule has 2 aromatic rings. The summed E-state index contributed by atoms with van der Waals surface area (Å²) in [6.07, 6.45) is 0.545. The first-order valence-corrected chi connectivity index (χ1v) is 12.3. The lowest BCUT2D eigenvalue weighted by Crippen LogP contribution is -2.53. The van der Waals surface area contributed by atoms with E-state index in [1.807, 2.05) is 23.1 Å². The Hall–Kier alpha value is -3.43. The number of amides is 1. The highest BCUT2D eigenvalue weighted by atomic mass is 16.6. The zero-order chi connectivity index (χ0) is 25.7. The Bertz CT molecular complexity index is 1070. The number of hydrogen-bond donors (Lipinski definition) is 3. The van der Waals surface area contributed by atoms with E-state index in [0.29, 0.717) is 12.5 Å². The van der Waals surface area contributed by atoms with Gasteiger partial charge in [-0.15, -0.1) is 0 Å². The van der Waals surface area contributed by atoms with E-state index in [2.05, 4.69) is 41.3 Å². The molecule has 6 rings (SSSR count). The van der Waals surface area contributed by atoms with E-state index in [-0.39, 0.29) is 18.2 Å². The molecule has 0 radical (unpaired) electrons. The van der Waals surface area contributed by atoms with Crippen molar-refractivity contribution in [2.45, 2.75) is 43.9 Å². The van der Waals surface area contributed by atoms with Gasteiger partial charge >= 0.3 is 18.0 Å². The van der Waals surface area contributed by atoms with Crippen LogP contribution in [-0.2, 0) is 20.7 Å². The van der Waals surface area contributed by atoms with Gasteiger partial charge in [-0.2, -0.15) is 0 Å². The summed E-state index contributed by atoms with van der Waals surface area (Å²) in [7, 11) is 0. The summed E-state index contributed by atoms with van der Waals surface area (Å²) < 4.78 is 6.08. The molecule has 0 spiro atoms. The third-order valence-electron chi connectivity index (χ3n) is 7.13. The van der Waals surface area contributed by atoms with Crippen LogP contribution in [0.2, 0.25) is 0 Å². The number of nitrogens with zero attached hydrogens (tertiary/aromatic N) is 2. The van der Waals surface area contributed by atoms with E-state index in [1.54, 1.807) is 0 Å². The predicted octanol–water partition coefficient (Wildman–Crippen LogP) is 2.77. The number of piperidine rings is 3. The van der Waals surface area contributed by atoms with Crippen molar-refractivity contribution in [3.63, 3.8) is 0 Å². The molecular formula is C27H32N2O7. The van der Waals surface area contributed by atoms with E-state index in [0.717, 1.165) is 44.5 Å². The van der Waals surface area contributed by atoms with Crippen LogP contribution in [0.3, 0.4) is 0 Å². The number of fused-ring (bicyclic) bond motifs is 4. The van der Waals surface area contributed by atoms with Crippen molar-refractivity contribution in [1.29, 1.82) is 0 Å². The summed E-state index contributed by atoms with van der Waals surface area (Å²) in [4.78, 5) is 37.0. The standard InChI is InChI=1S/C23H26N2O2.C4H6O5/c26-23(27-21-16-24-13-10-18(21)11-14-24)25-15-12-17-6-4-5-9-20(17)22(25)19-7-2-1-3-8-19;5-2(4(8)9)1-3(6)7/h1-9,18,21-22H,10-16H2;2,5H,1H2,(H,6,7)(H,8,9)/t21-,22-;/m0./s1. The molecular weight excluding hydrogens is 464 g/mol. The maximum Gasteiger partial charge on any atom is 0.410 e. The lowest BCUT2D eigenvalue weighted by molar-refractivity contribution is -0.152. The molecule has 192 valence electrons. The van der Waals surface area contributed by atoms with Crippen molar-refractivity contribution in [3.8, 4) is 0 Å². The number of ether oxygens (including phenoxy) is 1. The number of carbonyl (C=O) groups excluding carboxylic acids is 1. The summed E-state index contributed by atoms with van der Waals surface area (Å²) in [5.41, 5.74) is 3.70. The van der Waals surface area contributed by atoms with E-state index >= 15 is 0 Å². The normalized spacial score (nSPS) is 25.1. The molecule has 0 aliphatic carbocycles. The topological polar surface area (TPSA) is 128 Å². The third kappa shape index (κ3) is 6.03. The number of carboxylic acids is 2. The van der Waals surface area contributed by atoms with Crippen molar-refractivity contribution in [2.75, 3.05) is 26.2 Å². The molecule has 4 aliphatic heterocycles. The van der Waals surface area contributed by atoms with Crippen LogP contribution >= 0.6 is 0 Å². The molecule has 9 nitrogen and oxygen atoms in total. The molecule has 4 aliphatic rings. The van der Waals surface area contributed by atoms with Crippen LogP contribution in [0.15, 0.2) is 54.6 Å². The van der Waals surface area contributed by atoms with Crippen LogP contribution in [-0.4, -0.2) is 81.5 Å². The van der Waals surface area contributed by atoms with Crippen LogP contribution in [0.5, 0.6) is 0 Å². The minimum Gasteiger partial charge on any atom is -0.481 e. The van der Waals surface area contributed by atoms with Crippen LogP contribution in [0.4, 0.5) is 4.79 Å². The fraction of sp³-hybridized carbons (Fsp3) is 0.444. The van der Waals surface area contributed by atoms with Crippen LogP contribution < -0.4 is 0 Å². The number of rotatable bonds is 5. The second kappa shape index (κ2) is 11.5. The molecule has 3 saturated heterocycles. The van der Waals surface area contributed by atoms with Gasteiger partial charge in [0.2, 0.25) is 0 Å². The smallest absolute Gasteiger partial charge is 0.410 e. The molecule has 2 bridgehead atoms.